The average Bonchev–Trinajstić information content (AvgIpc) is 2.98. The van der Waals surface area contributed by atoms with Crippen LogP contribution in [0.3, 0.4) is 0 Å². The summed E-state index contributed by atoms with van der Waals surface area (Å²) in [5.41, 5.74) is 3.41. The van der Waals surface area contributed by atoms with E-state index < -0.39 is 29.2 Å². The Balaban J connectivity index is 0.000000169. The molecular weight excluding hydrogens is 548 g/mol. The van der Waals surface area contributed by atoms with Gasteiger partial charge in [0, 0.05) is 46.4 Å². The minimum Gasteiger partial charge on any atom is -0.465 e. The number of methoxy groups -OCH3 is 1. The highest BCUT2D eigenvalue weighted by atomic mass is 19.1. The quantitative estimate of drug-likeness (QED) is 0.174. The van der Waals surface area contributed by atoms with Crippen molar-refractivity contribution in [1.82, 2.24) is 9.97 Å². The van der Waals surface area contributed by atoms with Crippen LogP contribution in [-0.2, 0) is 11.3 Å². The first-order chi connectivity index (χ1) is 20.3. The Morgan fingerprint density at radius 3 is 1.67 bits per heavy atom. The summed E-state index contributed by atoms with van der Waals surface area (Å²) in [7, 11) is 1.25. The summed E-state index contributed by atoms with van der Waals surface area (Å²) < 4.78 is 58.7. The number of hydrogen-bond donors (Lipinski definition) is 1. The maximum absolute atomic E-state index is 13.6. The van der Waals surface area contributed by atoms with E-state index in [9.17, 15) is 27.5 Å². The van der Waals surface area contributed by atoms with E-state index in [4.69, 9.17) is 4.74 Å². The summed E-state index contributed by atoms with van der Waals surface area (Å²) >= 11 is 0. The number of fused-ring (bicyclic) bond motifs is 2. The summed E-state index contributed by atoms with van der Waals surface area (Å²) in [5.74, 6) is -3.35. The molecule has 1 N–H and O–H groups in total. The van der Waals surface area contributed by atoms with Crippen molar-refractivity contribution < 1.29 is 32.2 Å². The fraction of sp³-hybridized carbons (Fsp3) is 0.0606. The number of pyridine rings is 2. The van der Waals surface area contributed by atoms with Crippen molar-refractivity contribution in [2.24, 2.45) is 0 Å². The zero-order chi connectivity index (χ0) is 29.8. The summed E-state index contributed by atoms with van der Waals surface area (Å²) in [6, 6.07) is 20.5. The predicted octanol–water partition coefficient (Wildman–Crippen LogP) is 7.64. The lowest BCUT2D eigenvalue weighted by atomic mass is 9.96. The number of benzene rings is 4. The number of nitrogens with zero attached hydrogens (tertiary/aromatic N) is 2. The molecule has 2 aromatic heterocycles. The van der Waals surface area contributed by atoms with Gasteiger partial charge in [-0.25, -0.2) is 22.4 Å². The van der Waals surface area contributed by atoms with E-state index in [-0.39, 0.29) is 17.7 Å². The minimum absolute atomic E-state index is 0.207. The Bertz CT molecular complexity index is 1910. The molecule has 0 unspecified atom stereocenters. The van der Waals surface area contributed by atoms with Gasteiger partial charge in [-0.05, 0) is 59.2 Å². The van der Waals surface area contributed by atoms with Gasteiger partial charge in [-0.3, -0.25) is 9.97 Å². The molecule has 6 aromatic rings. The van der Waals surface area contributed by atoms with Gasteiger partial charge in [-0.15, -0.1) is 0 Å². The van der Waals surface area contributed by atoms with Crippen LogP contribution in [0.2, 0.25) is 0 Å². The number of aromatic nitrogens is 2. The molecule has 0 amide bonds. The third-order valence-corrected chi connectivity index (χ3v) is 6.51. The molecule has 0 aliphatic rings. The van der Waals surface area contributed by atoms with E-state index in [1.165, 1.54) is 31.4 Å². The Hall–Kier alpha value is -5.15. The summed E-state index contributed by atoms with van der Waals surface area (Å²) in [6.07, 6.45) is 3.17. The van der Waals surface area contributed by atoms with Crippen LogP contribution in [0.15, 0.2) is 97.3 Å². The largest absolute Gasteiger partial charge is 0.465 e. The molecule has 42 heavy (non-hydrogen) atoms. The molecule has 0 aliphatic heterocycles. The number of carbonyl (C=O) groups excluding carboxylic acids is 1. The van der Waals surface area contributed by atoms with Crippen LogP contribution in [0.25, 0.3) is 44.1 Å². The summed E-state index contributed by atoms with van der Waals surface area (Å²) in [6.45, 7) is -0.222. The van der Waals surface area contributed by atoms with Crippen LogP contribution in [0, 0.1) is 23.3 Å². The van der Waals surface area contributed by atoms with Crippen LogP contribution in [0.4, 0.5) is 17.6 Å². The van der Waals surface area contributed by atoms with Crippen LogP contribution in [-0.4, -0.2) is 28.2 Å². The lowest BCUT2D eigenvalue weighted by Gasteiger charge is -2.11. The zero-order valence-electron chi connectivity index (χ0n) is 22.1. The van der Waals surface area contributed by atoms with Gasteiger partial charge >= 0.3 is 5.97 Å². The number of aliphatic hydroxyl groups is 1. The van der Waals surface area contributed by atoms with Gasteiger partial charge < -0.3 is 9.84 Å². The van der Waals surface area contributed by atoms with E-state index >= 15 is 0 Å². The van der Waals surface area contributed by atoms with Gasteiger partial charge in [0.15, 0.2) is 0 Å². The Kier molecular flexibility index (Phi) is 8.21. The second-order valence-electron chi connectivity index (χ2n) is 9.20. The van der Waals surface area contributed by atoms with Crippen LogP contribution in [0.1, 0.15) is 15.9 Å². The Morgan fingerprint density at radius 2 is 1.17 bits per heavy atom. The second kappa shape index (κ2) is 12.2. The second-order valence-corrected chi connectivity index (χ2v) is 9.20. The SMILES string of the molecule is COC(=O)c1ccc2cccnc2c1-c1cc(F)cc(F)c1.OCc1ccc2cccnc2c1-c1cc(F)cc(F)c1. The molecule has 4 aromatic carbocycles. The number of esters is 1. The van der Waals surface area contributed by atoms with E-state index in [2.05, 4.69) is 9.97 Å². The molecule has 5 nitrogen and oxygen atoms in total. The third kappa shape index (κ3) is 5.82. The molecular formula is C33H22F4N2O3. The molecule has 0 saturated carbocycles. The molecule has 0 fully saturated rings. The number of halogens is 4. The highest BCUT2D eigenvalue weighted by molar-refractivity contribution is 6.06. The first-order valence-electron chi connectivity index (χ1n) is 12.7. The third-order valence-electron chi connectivity index (χ3n) is 6.51. The van der Waals surface area contributed by atoms with Crippen molar-refractivity contribution in [3.63, 3.8) is 0 Å². The van der Waals surface area contributed by atoms with Crippen LogP contribution < -0.4 is 0 Å². The maximum Gasteiger partial charge on any atom is 0.338 e. The van der Waals surface area contributed by atoms with Crippen molar-refractivity contribution >= 4 is 27.8 Å². The first kappa shape index (κ1) is 28.4. The Morgan fingerprint density at radius 1 is 0.690 bits per heavy atom. The molecule has 0 spiro atoms. The molecule has 6 rings (SSSR count). The normalized spacial score (nSPS) is 10.8. The fourth-order valence-electron chi connectivity index (χ4n) is 4.75. The van der Waals surface area contributed by atoms with Crippen molar-refractivity contribution in [3.05, 3.63) is 132 Å². The highest BCUT2D eigenvalue weighted by Gasteiger charge is 2.18. The fourth-order valence-corrected chi connectivity index (χ4v) is 4.75. The highest BCUT2D eigenvalue weighted by Crippen LogP contribution is 2.33. The number of hydrogen-bond acceptors (Lipinski definition) is 5. The molecule has 0 radical (unpaired) electrons. The van der Waals surface area contributed by atoms with Crippen LogP contribution in [0.5, 0.6) is 0 Å². The Labute approximate surface area is 237 Å². The lowest BCUT2D eigenvalue weighted by Crippen LogP contribution is -2.05. The number of rotatable bonds is 4. The van der Waals surface area contributed by atoms with Crippen LogP contribution >= 0.6 is 0 Å². The van der Waals surface area contributed by atoms with Crippen molar-refractivity contribution in [1.29, 1.82) is 0 Å². The van der Waals surface area contributed by atoms with Gasteiger partial charge in [0.2, 0.25) is 0 Å². The van der Waals surface area contributed by atoms with Crippen molar-refractivity contribution in [2.75, 3.05) is 7.11 Å². The van der Waals surface area contributed by atoms with E-state index in [0.717, 1.165) is 22.9 Å². The van der Waals surface area contributed by atoms with E-state index in [1.54, 1.807) is 42.7 Å². The summed E-state index contributed by atoms with van der Waals surface area (Å²) in [5, 5.41) is 11.1. The number of carbonyl (C=O) groups is 1. The maximum atomic E-state index is 13.6. The van der Waals surface area contributed by atoms with Gasteiger partial charge in [0.1, 0.15) is 23.3 Å². The van der Waals surface area contributed by atoms with Crippen molar-refractivity contribution in [3.8, 4) is 22.3 Å². The molecule has 0 saturated heterocycles. The summed E-state index contributed by atoms with van der Waals surface area (Å²) in [4.78, 5) is 20.5. The van der Waals surface area contributed by atoms with Crippen molar-refractivity contribution in [2.45, 2.75) is 6.61 Å². The smallest absolute Gasteiger partial charge is 0.338 e. The first-order valence-corrected chi connectivity index (χ1v) is 12.7. The number of ether oxygens (including phenoxy) is 1. The van der Waals surface area contributed by atoms with Gasteiger partial charge in [-0.1, -0.05) is 30.3 Å². The van der Waals surface area contributed by atoms with Gasteiger partial charge in [0.05, 0.1) is 30.3 Å². The molecule has 2 heterocycles. The average molecular weight is 571 g/mol. The molecule has 210 valence electrons. The van der Waals surface area contributed by atoms with E-state index in [1.807, 2.05) is 18.2 Å². The van der Waals surface area contributed by atoms with E-state index in [0.29, 0.717) is 33.3 Å². The molecule has 9 heteroatoms. The van der Waals surface area contributed by atoms with Gasteiger partial charge in [-0.2, -0.15) is 0 Å². The minimum atomic E-state index is -0.723. The zero-order valence-corrected chi connectivity index (χ0v) is 22.1. The monoisotopic (exact) mass is 570 g/mol. The standard InChI is InChI=1S/C17H11F2NO2.C16H11F2NO/c1-22-17(21)14-5-4-10-3-2-6-20-16(10)15(14)11-7-12(18)9-13(19)8-11;17-13-6-12(7-14(18)8-13)15-11(9-20)4-3-10-2-1-5-19-16(10)15/h2-9H,1H3;1-8,20H,9H2. The molecule has 0 bridgehead atoms. The topological polar surface area (TPSA) is 72.3 Å². The molecule has 0 aliphatic carbocycles. The predicted molar refractivity (Wildman–Crippen MR) is 151 cm³/mol. The van der Waals surface area contributed by atoms with Gasteiger partial charge in [0.25, 0.3) is 0 Å². The molecule has 0 atom stereocenters. The number of aliphatic hydroxyl groups excluding tert-OH is 1. The lowest BCUT2D eigenvalue weighted by molar-refractivity contribution is 0.0601.